The first-order valence-electron chi connectivity index (χ1n) is 4.57. The predicted octanol–water partition coefficient (Wildman–Crippen LogP) is 1.08. The number of morpholine rings is 1. The van der Waals surface area contributed by atoms with Gasteiger partial charge in [0.25, 0.3) is 0 Å². The summed E-state index contributed by atoms with van der Waals surface area (Å²) < 4.78 is 5.09. The zero-order valence-electron chi connectivity index (χ0n) is 8.02. The van der Waals surface area contributed by atoms with Crippen LogP contribution in [0.25, 0.3) is 0 Å². The number of esters is 1. The zero-order chi connectivity index (χ0) is 9.19. The van der Waals surface area contributed by atoms with E-state index in [2.05, 4.69) is 12.2 Å². The highest BCUT2D eigenvalue weighted by molar-refractivity contribution is 5.81. The number of ether oxygens (including phenoxy) is 1. The summed E-state index contributed by atoms with van der Waals surface area (Å²) >= 11 is 0. The molecule has 1 saturated heterocycles. The van der Waals surface area contributed by atoms with Crippen LogP contribution in [0, 0.1) is 0 Å². The van der Waals surface area contributed by atoms with Crippen molar-refractivity contribution in [1.82, 2.24) is 5.32 Å². The molecule has 12 heavy (non-hydrogen) atoms. The Kier molecular flexibility index (Phi) is 2.73. The summed E-state index contributed by atoms with van der Waals surface area (Å²) in [4.78, 5) is 11.3. The smallest absolute Gasteiger partial charge is 0.326 e. The SMILES string of the molecule is CCC1COC(=O)C(C)(CC)N1. The van der Waals surface area contributed by atoms with Gasteiger partial charge in [-0.1, -0.05) is 13.8 Å². The van der Waals surface area contributed by atoms with Crippen molar-refractivity contribution in [2.24, 2.45) is 0 Å². The lowest BCUT2D eigenvalue weighted by Gasteiger charge is -2.36. The van der Waals surface area contributed by atoms with Crippen molar-refractivity contribution < 1.29 is 9.53 Å². The van der Waals surface area contributed by atoms with Crippen LogP contribution in [0.5, 0.6) is 0 Å². The van der Waals surface area contributed by atoms with Crippen LogP contribution >= 0.6 is 0 Å². The van der Waals surface area contributed by atoms with E-state index in [0.29, 0.717) is 12.6 Å². The molecule has 0 aromatic carbocycles. The molecule has 70 valence electrons. The van der Waals surface area contributed by atoms with Crippen molar-refractivity contribution in [2.45, 2.75) is 45.2 Å². The Labute approximate surface area is 73.5 Å². The first-order chi connectivity index (χ1) is 5.62. The summed E-state index contributed by atoms with van der Waals surface area (Å²) in [5.74, 6) is -0.116. The minimum Gasteiger partial charge on any atom is -0.463 e. The van der Waals surface area contributed by atoms with Crippen LogP contribution in [-0.4, -0.2) is 24.2 Å². The van der Waals surface area contributed by atoms with E-state index >= 15 is 0 Å². The van der Waals surface area contributed by atoms with E-state index in [4.69, 9.17) is 4.74 Å². The van der Waals surface area contributed by atoms with Crippen LogP contribution in [0.15, 0.2) is 0 Å². The molecular formula is C9H17NO2. The monoisotopic (exact) mass is 171 g/mol. The van der Waals surface area contributed by atoms with Crippen LogP contribution in [0.3, 0.4) is 0 Å². The van der Waals surface area contributed by atoms with E-state index in [1.165, 1.54) is 0 Å². The van der Waals surface area contributed by atoms with Crippen LogP contribution in [0.1, 0.15) is 33.6 Å². The average molecular weight is 171 g/mol. The number of carbonyl (C=O) groups is 1. The molecule has 0 aliphatic carbocycles. The third-order valence-electron chi connectivity index (χ3n) is 2.59. The zero-order valence-corrected chi connectivity index (χ0v) is 8.02. The molecule has 1 aliphatic rings. The van der Waals surface area contributed by atoms with Gasteiger partial charge in [0, 0.05) is 6.04 Å². The molecule has 0 aromatic heterocycles. The minimum atomic E-state index is -0.459. The number of nitrogens with one attached hydrogen (secondary N) is 1. The normalized spacial score (nSPS) is 36.2. The fourth-order valence-corrected chi connectivity index (χ4v) is 1.35. The van der Waals surface area contributed by atoms with Crippen molar-refractivity contribution in [1.29, 1.82) is 0 Å². The van der Waals surface area contributed by atoms with E-state index in [1.807, 2.05) is 13.8 Å². The van der Waals surface area contributed by atoms with Crippen molar-refractivity contribution in [3.63, 3.8) is 0 Å². The highest BCUT2D eigenvalue weighted by Gasteiger charge is 2.38. The van der Waals surface area contributed by atoms with Gasteiger partial charge < -0.3 is 4.74 Å². The summed E-state index contributed by atoms with van der Waals surface area (Å²) in [7, 11) is 0. The molecule has 2 unspecified atom stereocenters. The van der Waals surface area contributed by atoms with E-state index in [9.17, 15) is 4.79 Å². The lowest BCUT2D eigenvalue weighted by Crippen LogP contribution is -2.59. The molecule has 2 atom stereocenters. The van der Waals surface area contributed by atoms with Gasteiger partial charge in [-0.3, -0.25) is 10.1 Å². The molecule has 3 nitrogen and oxygen atoms in total. The van der Waals surface area contributed by atoms with Crippen LogP contribution in [-0.2, 0) is 9.53 Å². The third-order valence-corrected chi connectivity index (χ3v) is 2.59. The van der Waals surface area contributed by atoms with Crippen LogP contribution in [0.2, 0.25) is 0 Å². The van der Waals surface area contributed by atoms with Crippen molar-refractivity contribution in [2.75, 3.05) is 6.61 Å². The number of rotatable bonds is 2. The van der Waals surface area contributed by atoms with Gasteiger partial charge in [0.2, 0.25) is 0 Å². The largest absolute Gasteiger partial charge is 0.463 e. The van der Waals surface area contributed by atoms with Crippen LogP contribution in [0.4, 0.5) is 0 Å². The summed E-state index contributed by atoms with van der Waals surface area (Å²) in [6.45, 7) is 6.50. The summed E-state index contributed by atoms with van der Waals surface area (Å²) in [6, 6.07) is 0.327. The van der Waals surface area contributed by atoms with E-state index in [1.54, 1.807) is 0 Å². The second-order valence-electron chi connectivity index (χ2n) is 3.53. The maximum atomic E-state index is 11.3. The van der Waals surface area contributed by atoms with E-state index in [0.717, 1.165) is 12.8 Å². The molecule has 1 rings (SSSR count). The Morgan fingerprint density at radius 2 is 2.33 bits per heavy atom. The fourth-order valence-electron chi connectivity index (χ4n) is 1.35. The first-order valence-corrected chi connectivity index (χ1v) is 4.57. The Morgan fingerprint density at radius 3 is 2.83 bits per heavy atom. The molecule has 0 spiro atoms. The highest BCUT2D eigenvalue weighted by atomic mass is 16.5. The summed E-state index contributed by atoms with van der Waals surface area (Å²) in [6.07, 6.45) is 1.78. The second-order valence-corrected chi connectivity index (χ2v) is 3.53. The van der Waals surface area contributed by atoms with E-state index in [-0.39, 0.29) is 5.97 Å². The van der Waals surface area contributed by atoms with Crippen LogP contribution < -0.4 is 5.32 Å². The highest BCUT2D eigenvalue weighted by Crippen LogP contribution is 2.18. The molecule has 0 bridgehead atoms. The molecule has 1 heterocycles. The Bertz CT molecular complexity index is 181. The number of hydrogen-bond donors (Lipinski definition) is 1. The molecular weight excluding hydrogens is 154 g/mol. The number of cyclic esters (lactones) is 1. The third kappa shape index (κ3) is 1.61. The lowest BCUT2D eigenvalue weighted by molar-refractivity contribution is -0.158. The number of hydrogen-bond acceptors (Lipinski definition) is 3. The standard InChI is InChI=1S/C9H17NO2/c1-4-7-6-12-8(11)9(3,5-2)10-7/h7,10H,4-6H2,1-3H3. The molecule has 3 heteroatoms. The van der Waals surface area contributed by atoms with Gasteiger partial charge in [-0.25, -0.2) is 0 Å². The minimum absolute atomic E-state index is 0.116. The second kappa shape index (κ2) is 3.44. The number of carbonyl (C=O) groups excluding carboxylic acids is 1. The Hall–Kier alpha value is -0.570. The van der Waals surface area contributed by atoms with Gasteiger partial charge >= 0.3 is 5.97 Å². The molecule has 1 fully saturated rings. The predicted molar refractivity (Wildman–Crippen MR) is 46.9 cm³/mol. The molecule has 1 aliphatic heterocycles. The van der Waals surface area contributed by atoms with Gasteiger partial charge in [0.05, 0.1) is 0 Å². The molecule has 0 saturated carbocycles. The molecule has 0 radical (unpaired) electrons. The lowest BCUT2D eigenvalue weighted by atomic mass is 9.95. The maximum absolute atomic E-state index is 11.3. The van der Waals surface area contributed by atoms with Gasteiger partial charge in [0.1, 0.15) is 12.1 Å². The topological polar surface area (TPSA) is 38.3 Å². The Morgan fingerprint density at radius 1 is 1.67 bits per heavy atom. The quantitative estimate of drug-likeness (QED) is 0.632. The first kappa shape index (κ1) is 9.52. The fraction of sp³-hybridized carbons (Fsp3) is 0.889. The molecule has 1 N–H and O–H groups in total. The van der Waals surface area contributed by atoms with Gasteiger partial charge in [0.15, 0.2) is 0 Å². The Balaban J connectivity index is 2.65. The maximum Gasteiger partial charge on any atom is 0.326 e. The summed E-state index contributed by atoms with van der Waals surface area (Å²) in [5.41, 5.74) is -0.459. The van der Waals surface area contributed by atoms with Gasteiger partial charge in [-0.2, -0.15) is 0 Å². The van der Waals surface area contributed by atoms with Gasteiger partial charge in [-0.05, 0) is 19.8 Å². The van der Waals surface area contributed by atoms with Gasteiger partial charge in [-0.15, -0.1) is 0 Å². The molecule has 0 aromatic rings. The summed E-state index contributed by atoms with van der Waals surface area (Å²) in [5, 5.41) is 3.30. The van der Waals surface area contributed by atoms with E-state index < -0.39 is 5.54 Å². The van der Waals surface area contributed by atoms with Crippen molar-refractivity contribution >= 4 is 5.97 Å². The molecule has 0 amide bonds. The van der Waals surface area contributed by atoms with Crippen molar-refractivity contribution in [3.05, 3.63) is 0 Å². The van der Waals surface area contributed by atoms with Crippen molar-refractivity contribution in [3.8, 4) is 0 Å². The average Bonchev–Trinajstić information content (AvgIpc) is 2.10.